The lowest BCUT2D eigenvalue weighted by molar-refractivity contribution is -0.256. The standard InChI is InChI=1S/C21H34O7/c1-11(2)15-10-16-20(6,9-8-17(21(16,7)25)26-12(3)22)19(28-14(5)24)18(15)27-13(4)23/h11,15-19,25H,8-10H2,1-7H3/t15-,16+,17-,18+,19-,20-,21-/m0/s1. The summed E-state index contributed by atoms with van der Waals surface area (Å²) in [5, 5.41) is 11.4. The maximum Gasteiger partial charge on any atom is 0.303 e. The normalized spacial score (nSPS) is 40.4. The van der Waals surface area contributed by atoms with Crippen LogP contribution in [0.4, 0.5) is 0 Å². The maximum absolute atomic E-state index is 11.9. The largest absolute Gasteiger partial charge is 0.459 e. The Kier molecular flexibility index (Phi) is 6.48. The van der Waals surface area contributed by atoms with Crippen molar-refractivity contribution in [2.75, 3.05) is 0 Å². The van der Waals surface area contributed by atoms with Gasteiger partial charge in [0.15, 0.2) is 0 Å². The number of ether oxygens (including phenoxy) is 3. The molecule has 0 bridgehead atoms. The van der Waals surface area contributed by atoms with Crippen LogP contribution in [0.25, 0.3) is 0 Å². The van der Waals surface area contributed by atoms with Crippen molar-refractivity contribution in [2.24, 2.45) is 23.2 Å². The van der Waals surface area contributed by atoms with E-state index in [0.717, 1.165) is 0 Å². The topological polar surface area (TPSA) is 99.1 Å². The van der Waals surface area contributed by atoms with Gasteiger partial charge in [-0.3, -0.25) is 14.4 Å². The fourth-order valence-corrected chi connectivity index (χ4v) is 5.41. The van der Waals surface area contributed by atoms with Crippen LogP contribution >= 0.6 is 0 Å². The van der Waals surface area contributed by atoms with Gasteiger partial charge in [-0.15, -0.1) is 0 Å². The number of hydrogen-bond donors (Lipinski definition) is 1. The summed E-state index contributed by atoms with van der Waals surface area (Å²) in [4.78, 5) is 35.3. The lowest BCUT2D eigenvalue weighted by atomic mass is 9.50. The zero-order valence-corrected chi connectivity index (χ0v) is 18.0. The van der Waals surface area contributed by atoms with Gasteiger partial charge in [-0.1, -0.05) is 20.8 Å². The minimum absolute atomic E-state index is 0.103. The molecular weight excluding hydrogens is 364 g/mol. The minimum atomic E-state index is -1.29. The number of fused-ring (bicyclic) bond motifs is 1. The van der Waals surface area contributed by atoms with E-state index in [0.29, 0.717) is 19.3 Å². The molecular formula is C21H34O7. The van der Waals surface area contributed by atoms with E-state index in [4.69, 9.17) is 14.2 Å². The van der Waals surface area contributed by atoms with Gasteiger partial charge in [-0.25, -0.2) is 0 Å². The molecule has 0 aromatic carbocycles. The fraction of sp³-hybridized carbons (Fsp3) is 0.857. The summed E-state index contributed by atoms with van der Waals surface area (Å²) in [7, 11) is 0. The predicted molar refractivity (Wildman–Crippen MR) is 101 cm³/mol. The molecule has 7 atom stereocenters. The first-order valence-electron chi connectivity index (χ1n) is 10.0. The van der Waals surface area contributed by atoms with E-state index in [-0.39, 0.29) is 17.8 Å². The van der Waals surface area contributed by atoms with Crippen molar-refractivity contribution < 1.29 is 33.7 Å². The Bertz CT molecular complexity index is 626. The highest BCUT2D eigenvalue weighted by molar-refractivity contribution is 5.68. The summed E-state index contributed by atoms with van der Waals surface area (Å²) in [6.07, 6.45) is -0.287. The average molecular weight is 398 g/mol. The molecule has 0 spiro atoms. The van der Waals surface area contributed by atoms with E-state index in [9.17, 15) is 19.5 Å². The van der Waals surface area contributed by atoms with Crippen LogP contribution in [0.1, 0.15) is 67.7 Å². The first-order valence-corrected chi connectivity index (χ1v) is 10.0. The molecule has 7 heteroatoms. The second-order valence-corrected chi connectivity index (χ2v) is 9.17. The van der Waals surface area contributed by atoms with Gasteiger partial charge >= 0.3 is 17.9 Å². The molecule has 0 saturated heterocycles. The molecule has 0 aliphatic heterocycles. The third kappa shape index (κ3) is 4.19. The molecule has 0 aromatic heterocycles. The number of esters is 3. The molecule has 160 valence electrons. The van der Waals surface area contributed by atoms with Crippen LogP contribution in [0.15, 0.2) is 0 Å². The van der Waals surface area contributed by atoms with Crippen molar-refractivity contribution >= 4 is 17.9 Å². The van der Waals surface area contributed by atoms with E-state index in [1.54, 1.807) is 6.92 Å². The van der Waals surface area contributed by atoms with Crippen molar-refractivity contribution in [1.29, 1.82) is 0 Å². The van der Waals surface area contributed by atoms with Crippen LogP contribution < -0.4 is 0 Å². The van der Waals surface area contributed by atoms with Crippen LogP contribution in [-0.4, -0.2) is 46.9 Å². The molecule has 2 rings (SSSR count). The molecule has 7 nitrogen and oxygen atoms in total. The van der Waals surface area contributed by atoms with Gasteiger partial charge < -0.3 is 19.3 Å². The van der Waals surface area contributed by atoms with E-state index in [2.05, 4.69) is 0 Å². The number of carbonyl (C=O) groups is 3. The van der Waals surface area contributed by atoms with Crippen molar-refractivity contribution in [2.45, 2.75) is 91.6 Å². The Hall–Kier alpha value is -1.63. The SMILES string of the molecule is CC(=O)O[C@@H]1[C@H](C(C)C)C[C@H]2[C@](C)(O)[C@@H](OC(C)=O)CC[C@]2(C)[C@H]1OC(C)=O. The molecule has 2 aliphatic carbocycles. The quantitative estimate of drug-likeness (QED) is 0.574. The lowest BCUT2D eigenvalue weighted by Crippen LogP contribution is -2.67. The Morgan fingerprint density at radius 1 is 0.964 bits per heavy atom. The van der Waals surface area contributed by atoms with Crippen molar-refractivity contribution in [3.05, 3.63) is 0 Å². The summed E-state index contributed by atoms with van der Waals surface area (Å²) >= 11 is 0. The third-order valence-corrected chi connectivity index (χ3v) is 6.74. The van der Waals surface area contributed by atoms with Crippen molar-refractivity contribution in [3.8, 4) is 0 Å². The molecule has 2 aliphatic rings. The molecule has 0 unspecified atom stereocenters. The van der Waals surface area contributed by atoms with Gasteiger partial charge in [0.25, 0.3) is 0 Å². The van der Waals surface area contributed by atoms with Gasteiger partial charge in [0.1, 0.15) is 23.9 Å². The molecule has 0 amide bonds. The molecule has 0 aromatic rings. The molecule has 2 saturated carbocycles. The highest BCUT2D eigenvalue weighted by Crippen LogP contribution is 2.58. The lowest BCUT2D eigenvalue weighted by Gasteiger charge is -2.60. The highest BCUT2D eigenvalue weighted by atomic mass is 16.6. The van der Waals surface area contributed by atoms with E-state index < -0.39 is 47.2 Å². The Balaban J connectivity index is 2.51. The smallest absolute Gasteiger partial charge is 0.303 e. The second-order valence-electron chi connectivity index (χ2n) is 9.17. The number of aliphatic hydroxyl groups is 1. The Morgan fingerprint density at radius 2 is 1.50 bits per heavy atom. The number of carbonyl (C=O) groups excluding carboxylic acids is 3. The van der Waals surface area contributed by atoms with E-state index in [1.165, 1.54) is 20.8 Å². The third-order valence-electron chi connectivity index (χ3n) is 6.74. The first kappa shape index (κ1) is 22.7. The molecule has 2 fully saturated rings. The number of hydrogen-bond acceptors (Lipinski definition) is 7. The summed E-state index contributed by atoms with van der Waals surface area (Å²) in [6, 6.07) is 0. The van der Waals surface area contributed by atoms with Gasteiger partial charge in [0, 0.05) is 38.0 Å². The molecule has 0 heterocycles. The van der Waals surface area contributed by atoms with Crippen molar-refractivity contribution in [1.82, 2.24) is 0 Å². The Labute approximate surface area is 167 Å². The van der Waals surface area contributed by atoms with Gasteiger partial charge in [-0.05, 0) is 32.1 Å². The Morgan fingerprint density at radius 3 is 1.96 bits per heavy atom. The van der Waals surface area contributed by atoms with Crippen LogP contribution in [-0.2, 0) is 28.6 Å². The molecule has 28 heavy (non-hydrogen) atoms. The number of rotatable bonds is 4. The maximum atomic E-state index is 11.9. The first-order chi connectivity index (χ1) is 12.8. The predicted octanol–water partition coefficient (Wildman–Crippen LogP) is 2.62. The molecule has 0 radical (unpaired) electrons. The van der Waals surface area contributed by atoms with Gasteiger partial charge in [0.2, 0.25) is 0 Å². The van der Waals surface area contributed by atoms with Crippen LogP contribution in [0.2, 0.25) is 0 Å². The summed E-state index contributed by atoms with van der Waals surface area (Å²) in [6.45, 7) is 11.7. The average Bonchev–Trinajstić information content (AvgIpc) is 2.52. The second kappa shape index (κ2) is 8.01. The summed E-state index contributed by atoms with van der Waals surface area (Å²) in [5.74, 6) is -1.56. The summed E-state index contributed by atoms with van der Waals surface area (Å²) < 4.78 is 16.8. The van der Waals surface area contributed by atoms with Crippen LogP contribution in [0, 0.1) is 23.2 Å². The summed E-state index contributed by atoms with van der Waals surface area (Å²) in [5.41, 5.74) is -1.90. The fourth-order valence-electron chi connectivity index (χ4n) is 5.41. The van der Waals surface area contributed by atoms with Crippen molar-refractivity contribution in [3.63, 3.8) is 0 Å². The van der Waals surface area contributed by atoms with Crippen LogP contribution in [0.3, 0.4) is 0 Å². The highest BCUT2D eigenvalue weighted by Gasteiger charge is 2.64. The van der Waals surface area contributed by atoms with Gasteiger partial charge in [-0.2, -0.15) is 0 Å². The minimum Gasteiger partial charge on any atom is -0.459 e. The zero-order valence-electron chi connectivity index (χ0n) is 18.0. The van der Waals surface area contributed by atoms with Gasteiger partial charge in [0.05, 0.1) is 0 Å². The van der Waals surface area contributed by atoms with E-state index in [1.807, 2.05) is 20.8 Å². The van der Waals surface area contributed by atoms with E-state index >= 15 is 0 Å². The molecule has 1 N–H and O–H groups in total. The monoisotopic (exact) mass is 398 g/mol. The zero-order chi connectivity index (χ0) is 21.4. The van der Waals surface area contributed by atoms with Crippen LogP contribution in [0.5, 0.6) is 0 Å².